The quantitative estimate of drug-likeness (QED) is 0.191. The summed E-state index contributed by atoms with van der Waals surface area (Å²) in [4.78, 5) is 0. The first kappa shape index (κ1) is 24.1. The van der Waals surface area contributed by atoms with Crippen LogP contribution in [0.1, 0.15) is 62.8 Å². The van der Waals surface area contributed by atoms with E-state index in [0.717, 1.165) is 56.9 Å². The van der Waals surface area contributed by atoms with E-state index in [9.17, 15) is 17.6 Å². The van der Waals surface area contributed by atoms with Gasteiger partial charge in [0.1, 0.15) is 11.8 Å². The fourth-order valence-electron chi connectivity index (χ4n) is 4.77. The van der Waals surface area contributed by atoms with Crippen LogP contribution in [0.4, 0.5) is 17.6 Å². The molecular weight excluding hydrogens is 418 g/mol. The van der Waals surface area contributed by atoms with Gasteiger partial charge in [0.05, 0.1) is 0 Å². The summed E-state index contributed by atoms with van der Waals surface area (Å²) in [5.41, 5.74) is 1.08. The molecule has 0 amide bonds. The highest BCUT2D eigenvalue weighted by Crippen LogP contribution is 2.38. The number of hydrogen-bond donors (Lipinski definition) is 0. The van der Waals surface area contributed by atoms with Crippen molar-refractivity contribution in [3.63, 3.8) is 0 Å². The Labute approximate surface area is 187 Å². The molecule has 0 radical (unpaired) electrons. The summed E-state index contributed by atoms with van der Waals surface area (Å²) < 4.78 is 53.7. The van der Waals surface area contributed by atoms with E-state index < -0.39 is 12.2 Å². The van der Waals surface area contributed by atoms with E-state index in [1.807, 2.05) is 6.08 Å². The van der Waals surface area contributed by atoms with Crippen LogP contribution in [0.5, 0.6) is 5.75 Å². The fraction of sp³-hybridized carbons (Fsp3) is 0.500. The summed E-state index contributed by atoms with van der Waals surface area (Å²) in [5.74, 6) is 1.06. The first-order chi connectivity index (χ1) is 15.3. The minimum absolute atomic E-state index is 0.172. The highest BCUT2D eigenvalue weighted by Gasteiger charge is 2.31. The Kier molecular flexibility index (Phi) is 8.55. The fourth-order valence-corrected chi connectivity index (χ4v) is 4.77. The zero-order valence-electron chi connectivity index (χ0n) is 18.0. The number of allylic oxidation sites excluding steroid dienone is 6. The van der Waals surface area contributed by atoms with Crippen LogP contribution in [0, 0.1) is 29.1 Å². The number of rotatable bonds is 6. The molecule has 0 heterocycles. The molecule has 0 N–H and O–H groups in total. The summed E-state index contributed by atoms with van der Waals surface area (Å²) in [6, 6.07) is 7.77. The number of halogens is 4. The molecule has 32 heavy (non-hydrogen) atoms. The summed E-state index contributed by atoms with van der Waals surface area (Å²) in [6.45, 7) is 0. The Hall–Kier alpha value is -2.55. The molecule has 6 heteroatoms. The third-order valence-corrected chi connectivity index (χ3v) is 6.56. The van der Waals surface area contributed by atoms with Crippen LogP contribution in [0.15, 0.2) is 60.5 Å². The van der Waals surface area contributed by atoms with E-state index in [-0.39, 0.29) is 5.75 Å². The number of hydrogen-bond acceptors (Lipinski definition) is 2. The summed E-state index contributed by atoms with van der Waals surface area (Å²) in [5, 5.41) is 8.42. The number of nitriles is 1. The predicted octanol–water partition coefficient (Wildman–Crippen LogP) is 8.15. The molecule has 2 aliphatic carbocycles. The monoisotopic (exact) mass is 447 g/mol. The lowest BCUT2D eigenvalue weighted by atomic mass is 9.77. The average Bonchev–Trinajstić information content (AvgIpc) is 2.78. The molecule has 0 atom stereocenters. The second-order valence-corrected chi connectivity index (χ2v) is 8.80. The third-order valence-electron chi connectivity index (χ3n) is 6.56. The third kappa shape index (κ3) is 7.85. The van der Waals surface area contributed by atoms with Gasteiger partial charge in [0, 0.05) is 0 Å². The van der Waals surface area contributed by atoms with Gasteiger partial charge in [-0.25, -0.2) is 0 Å². The first-order valence-corrected chi connectivity index (χ1v) is 11.3. The maximum atomic E-state index is 12.8. The van der Waals surface area contributed by atoms with Gasteiger partial charge >= 0.3 is 6.36 Å². The number of ether oxygens (including phenoxy) is 1. The molecule has 0 aliphatic heterocycles. The lowest BCUT2D eigenvalue weighted by molar-refractivity contribution is -0.274. The Morgan fingerprint density at radius 2 is 1.34 bits per heavy atom. The lowest BCUT2D eigenvalue weighted by Crippen LogP contribution is -2.17. The van der Waals surface area contributed by atoms with Gasteiger partial charge < -0.3 is 4.74 Å². The van der Waals surface area contributed by atoms with Crippen molar-refractivity contribution < 1.29 is 22.3 Å². The zero-order valence-corrected chi connectivity index (χ0v) is 18.0. The van der Waals surface area contributed by atoms with Crippen LogP contribution in [0.2, 0.25) is 0 Å². The molecule has 0 unspecified atom stereocenters. The predicted molar refractivity (Wildman–Crippen MR) is 116 cm³/mol. The minimum Gasteiger partial charge on any atom is -0.406 e. The van der Waals surface area contributed by atoms with E-state index in [4.69, 9.17) is 5.26 Å². The molecule has 0 bridgehead atoms. The molecule has 0 spiro atoms. The van der Waals surface area contributed by atoms with Crippen LogP contribution >= 0.6 is 0 Å². The van der Waals surface area contributed by atoms with Crippen molar-refractivity contribution in [2.45, 2.75) is 63.6 Å². The number of nitrogens with zero attached hydrogens (tertiary/aromatic N) is 1. The van der Waals surface area contributed by atoms with Gasteiger partial charge in [-0.15, -0.1) is 13.2 Å². The molecule has 2 fully saturated rings. The van der Waals surface area contributed by atoms with E-state index in [0.29, 0.717) is 23.7 Å². The van der Waals surface area contributed by atoms with E-state index in [1.54, 1.807) is 18.2 Å². The van der Waals surface area contributed by atoms with Crippen molar-refractivity contribution in [3.05, 3.63) is 66.0 Å². The molecule has 0 aromatic heterocycles. The van der Waals surface area contributed by atoms with Crippen LogP contribution in [-0.4, -0.2) is 6.36 Å². The highest BCUT2D eigenvalue weighted by atomic mass is 19.4. The van der Waals surface area contributed by atoms with Gasteiger partial charge in [-0.2, -0.15) is 9.65 Å². The number of benzene rings is 1. The van der Waals surface area contributed by atoms with Crippen LogP contribution in [0.25, 0.3) is 0 Å². The van der Waals surface area contributed by atoms with E-state index >= 15 is 0 Å². The molecule has 2 aliphatic rings. The molecule has 0 saturated heterocycles. The average molecular weight is 448 g/mol. The van der Waals surface area contributed by atoms with Crippen LogP contribution in [0.3, 0.4) is 0 Å². The molecule has 1 aromatic carbocycles. The van der Waals surface area contributed by atoms with Gasteiger partial charge in [0.15, 0.2) is 5.83 Å². The SMILES string of the molecule is N#CC(F)=CC=C[C@H]1CC[C@H](/C=C/[C@H]2CC[C@H](c3ccc(OC(F)(F)F)cc3)CC2)CC1. The van der Waals surface area contributed by atoms with Gasteiger partial charge in [0.2, 0.25) is 0 Å². The highest BCUT2D eigenvalue weighted by molar-refractivity contribution is 5.30. The second kappa shape index (κ2) is 11.4. The van der Waals surface area contributed by atoms with Crippen molar-refractivity contribution in [3.8, 4) is 11.8 Å². The van der Waals surface area contributed by atoms with Crippen molar-refractivity contribution in [1.29, 1.82) is 5.26 Å². The van der Waals surface area contributed by atoms with Gasteiger partial charge in [-0.3, -0.25) is 0 Å². The summed E-state index contributed by atoms with van der Waals surface area (Å²) in [6.07, 6.45) is 13.6. The largest absolute Gasteiger partial charge is 0.573 e. The van der Waals surface area contributed by atoms with Crippen molar-refractivity contribution in [2.75, 3.05) is 0 Å². The zero-order chi connectivity index (χ0) is 23.0. The van der Waals surface area contributed by atoms with Crippen molar-refractivity contribution in [1.82, 2.24) is 0 Å². The standard InChI is InChI=1S/C26H29F4NO/c27-24(18-31)3-1-2-19-4-6-20(7-5-19)8-9-21-10-12-22(13-11-21)23-14-16-25(17-15-23)32-26(28,29)30/h1-3,8-9,14-17,19-22H,4-7,10-13H2/b2-1?,9-8+,24-3?/t19-,20-,21-,22-. The summed E-state index contributed by atoms with van der Waals surface area (Å²) >= 11 is 0. The Morgan fingerprint density at radius 3 is 1.84 bits per heavy atom. The smallest absolute Gasteiger partial charge is 0.406 e. The molecule has 172 valence electrons. The van der Waals surface area contributed by atoms with E-state index in [2.05, 4.69) is 16.9 Å². The van der Waals surface area contributed by atoms with Crippen molar-refractivity contribution >= 4 is 0 Å². The van der Waals surface area contributed by atoms with Gasteiger partial charge in [0.25, 0.3) is 0 Å². The molecule has 2 saturated carbocycles. The van der Waals surface area contributed by atoms with E-state index in [1.165, 1.54) is 24.3 Å². The second-order valence-electron chi connectivity index (χ2n) is 8.80. The lowest BCUT2D eigenvalue weighted by Gasteiger charge is -2.28. The maximum Gasteiger partial charge on any atom is 0.573 e. The van der Waals surface area contributed by atoms with Gasteiger partial charge in [-0.1, -0.05) is 36.4 Å². The molecule has 1 aromatic rings. The normalized spacial score (nSPS) is 27.5. The van der Waals surface area contributed by atoms with Crippen LogP contribution < -0.4 is 4.74 Å². The Bertz CT molecular complexity index is 847. The maximum absolute atomic E-state index is 12.8. The topological polar surface area (TPSA) is 33.0 Å². The molecule has 2 nitrogen and oxygen atoms in total. The van der Waals surface area contributed by atoms with Crippen molar-refractivity contribution in [2.24, 2.45) is 17.8 Å². The minimum atomic E-state index is -4.66. The Morgan fingerprint density at radius 1 is 0.844 bits per heavy atom. The van der Waals surface area contributed by atoms with Gasteiger partial charge in [-0.05, 0) is 98.8 Å². The summed E-state index contributed by atoms with van der Waals surface area (Å²) in [7, 11) is 0. The van der Waals surface area contributed by atoms with Crippen LogP contribution in [-0.2, 0) is 0 Å². The number of alkyl halides is 3. The Balaban J connectivity index is 1.39. The molecule has 3 rings (SSSR count). The first-order valence-electron chi connectivity index (χ1n) is 11.3. The molecular formula is C26H29F4NO.